The maximum Gasteiger partial charge on any atom is 0.263 e. The van der Waals surface area contributed by atoms with Gasteiger partial charge in [-0.05, 0) is 31.4 Å². The smallest absolute Gasteiger partial charge is 0.263 e. The van der Waals surface area contributed by atoms with Crippen LogP contribution in [0.1, 0.15) is 44.6 Å². The van der Waals surface area contributed by atoms with Gasteiger partial charge >= 0.3 is 0 Å². The Kier molecular flexibility index (Phi) is 6.80. The zero-order chi connectivity index (χ0) is 22.7. The molecule has 1 unspecified atom stereocenters. The molecule has 10 heteroatoms. The summed E-state index contributed by atoms with van der Waals surface area (Å²) in [4.78, 5) is 34.0. The van der Waals surface area contributed by atoms with Crippen LogP contribution in [0.5, 0.6) is 0 Å². The molecule has 1 aromatic rings. The molecule has 1 aliphatic carbocycles. The average Bonchev–Trinajstić information content (AvgIpc) is 3.55. The van der Waals surface area contributed by atoms with Crippen LogP contribution >= 0.6 is 0 Å². The normalized spacial score (nSPS) is 22.3. The van der Waals surface area contributed by atoms with Crippen LogP contribution in [-0.4, -0.2) is 80.7 Å². The number of nitrogens with zero attached hydrogens (tertiary/aromatic N) is 3. The number of rotatable bonds is 8. The largest absolute Gasteiger partial charge is 0.352 e. The Bertz CT molecular complexity index is 997. The molecule has 32 heavy (non-hydrogen) atoms. The zero-order valence-electron chi connectivity index (χ0n) is 18.4. The van der Waals surface area contributed by atoms with E-state index in [1.165, 1.54) is 0 Å². The summed E-state index contributed by atoms with van der Waals surface area (Å²) in [6.07, 6.45) is 4.43. The average molecular weight is 462 g/mol. The van der Waals surface area contributed by atoms with E-state index in [0.29, 0.717) is 50.7 Å². The minimum Gasteiger partial charge on any atom is -0.352 e. The molecule has 4 rings (SSSR count). The number of hydrogen-bond donors (Lipinski definition) is 2. The standard InChI is InChI=1S/C22H31N5O4S/c1-2-3-7-18(24-21-17-6-4-5-8-19(17)32(30,31)25-21)22(29)27-13-11-26(12-14-27)15-20(28)23-16-9-10-16/h4-6,8,16,18H,2-3,7,9-15H2,1H3,(H,23,28)(H,24,25). The summed E-state index contributed by atoms with van der Waals surface area (Å²) in [5, 5.41) is 3.00. The van der Waals surface area contributed by atoms with Crippen molar-refractivity contribution in [2.75, 3.05) is 32.7 Å². The van der Waals surface area contributed by atoms with Gasteiger partial charge in [-0.15, -0.1) is 0 Å². The van der Waals surface area contributed by atoms with Crippen molar-refractivity contribution in [3.8, 4) is 0 Å². The molecule has 1 atom stereocenters. The Morgan fingerprint density at radius 1 is 1.19 bits per heavy atom. The number of benzene rings is 1. The molecule has 1 saturated carbocycles. The van der Waals surface area contributed by atoms with Crippen molar-refractivity contribution < 1.29 is 18.0 Å². The zero-order valence-corrected chi connectivity index (χ0v) is 19.2. The summed E-state index contributed by atoms with van der Waals surface area (Å²) in [6.45, 7) is 4.75. The Balaban J connectivity index is 1.42. The van der Waals surface area contributed by atoms with Crippen LogP contribution in [-0.2, 0) is 19.6 Å². The van der Waals surface area contributed by atoms with Crippen molar-refractivity contribution in [2.45, 2.75) is 56.0 Å². The number of hydrogen-bond acceptors (Lipinski definition) is 6. The van der Waals surface area contributed by atoms with Gasteiger partial charge in [-0.25, -0.2) is 8.42 Å². The van der Waals surface area contributed by atoms with Gasteiger partial charge in [0.05, 0.1) is 11.4 Å². The highest BCUT2D eigenvalue weighted by atomic mass is 32.2. The van der Waals surface area contributed by atoms with E-state index >= 15 is 0 Å². The molecule has 1 saturated heterocycles. The number of fused-ring (bicyclic) bond motifs is 1. The van der Waals surface area contributed by atoms with Gasteiger partial charge in [-0.2, -0.15) is 0 Å². The van der Waals surface area contributed by atoms with Gasteiger partial charge in [0, 0.05) is 37.8 Å². The van der Waals surface area contributed by atoms with E-state index in [-0.39, 0.29) is 22.5 Å². The monoisotopic (exact) mass is 461 g/mol. The summed E-state index contributed by atoms with van der Waals surface area (Å²) in [5.74, 6) is 0.203. The second-order valence-electron chi connectivity index (χ2n) is 8.68. The highest BCUT2D eigenvalue weighted by molar-refractivity contribution is 7.90. The lowest BCUT2D eigenvalue weighted by Crippen LogP contribution is -2.53. The molecular formula is C22H31N5O4S. The van der Waals surface area contributed by atoms with E-state index in [1.54, 1.807) is 29.2 Å². The number of unbranched alkanes of at least 4 members (excludes halogenated alkanes) is 1. The lowest BCUT2D eigenvalue weighted by molar-refractivity contribution is -0.134. The molecule has 2 amide bonds. The SMILES string of the molecule is CCCCC(N=C1NS(=O)(=O)c2ccccc21)C(=O)N1CCN(CC(=O)NC2CC2)CC1. The molecule has 1 aromatic carbocycles. The lowest BCUT2D eigenvalue weighted by Gasteiger charge is -2.35. The minimum atomic E-state index is -3.64. The van der Waals surface area contributed by atoms with E-state index in [0.717, 1.165) is 25.7 Å². The highest BCUT2D eigenvalue weighted by Gasteiger charge is 2.33. The second kappa shape index (κ2) is 9.58. The van der Waals surface area contributed by atoms with Crippen LogP contribution in [0.2, 0.25) is 0 Å². The molecule has 3 aliphatic rings. The first-order chi connectivity index (χ1) is 15.4. The van der Waals surface area contributed by atoms with Gasteiger partial charge < -0.3 is 10.2 Å². The van der Waals surface area contributed by atoms with Gasteiger partial charge in [0.25, 0.3) is 10.0 Å². The van der Waals surface area contributed by atoms with E-state index in [2.05, 4.69) is 19.9 Å². The molecule has 174 valence electrons. The second-order valence-corrected chi connectivity index (χ2v) is 10.3. The third-order valence-corrected chi connectivity index (χ3v) is 7.45. The highest BCUT2D eigenvalue weighted by Crippen LogP contribution is 2.24. The fraction of sp³-hybridized carbons (Fsp3) is 0.591. The molecule has 9 nitrogen and oxygen atoms in total. The van der Waals surface area contributed by atoms with Crippen molar-refractivity contribution in [1.82, 2.24) is 19.8 Å². The number of amides is 2. The summed E-state index contributed by atoms with van der Waals surface area (Å²) in [5.41, 5.74) is 0.508. The predicted octanol–water partition coefficient (Wildman–Crippen LogP) is 0.707. The van der Waals surface area contributed by atoms with Crippen LogP contribution in [0.4, 0.5) is 0 Å². The first-order valence-corrected chi connectivity index (χ1v) is 12.9. The quantitative estimate of drug-likeness (QED) is 0.592. The molecule has 2 heterocycles. The maximum absolute atomic E-state index is 13.3. The number of aliphatic imine (C=N–C) groups is 1. The molecule has 0 spiro atoms. The molecule has 0 bridgehead atoms. The van der Waals surface area contributed by atoms with Crippen LogP contribution in [0.25, 0.3) is 0 Å². The summed E-state index contributed by atoms with van der Waals surface area (Å²) >= 11 is 0. The van der Waals surface area contributed by atoms with E-state index in [4.69, 9.17) is 0 Å². The molecular weight excluding hydrogens is 430 g/mol. The van der Waals surface area contributed by atoms with Gasteiger partial charge in [0.2, 0.25) is 11.8 Å². The summed E-state index contributed by atoms with van der Waals surface area (Å²) in [6, 6.07) is 6.40. The number of carbonyl (C=O) groups excluding carboxylic acids is 2. The molecule has 0 radical (unpaired) electrons. The number of sulfonamides is 1. The molecule has 2 fully saturated rings. The lowest BCUT2D eigenvalue weighted by atomic mass is 10.1. The van der Waals surface area contributed by atoms with E-state index < -0.39 is 16.1 Å². The van der Waals surface area contributed by atoms with Crippen molar-refractivity contribution >= 4 is 27.7 Å². The Hall–Kier alpha value is -2.46. The topological polar surface area (TPSA) is 111 Å². The number of carbonyl (C=O) groups is 2. The molecule has 0 aromatic heterocycles. The summed E-state index contributed by atoms with van der Waals surface area (Å²) in [7, 11) is -3.64. The van der Waals surface area contributed by atoms with E-state index in [1.807, 2.05) is 6.92 Å². The number of piperazine rings is 1. The third kappa shape index (κ3) is 5.29. The van der Waals surface area contributed by atoms with Gasteiger partial charge in [-0.3, -0.25) is 24.2 Å². The van der Waals surface area contributed by atoms with Gasteiger partial charge in [0.1, 0.15) is 11.9 Å². The fourth-order valence-corrected chi connectivity index (χ4v) is 5.31. The third-order valence-electron chi connectivity index (χ3n) is 6.06. The molecule has 2 aliphatic heterocycles. The van der Waals surface area contributed by atoms with E-state index in [9.17, 15) is 18.0 Å². The van der Waals surface area contributed by atoms with Crippen molar-refractivity contribution in [1.29, 1.82) is 0 Å². The predicted molar refractivity (Wildman–Crippen MR) is 121 cm³/mol. The first-order valence-electron chi connectivity index (χ1n) is 11.4. The minimum absolute atomic E-state index is 0.0479. The number of nitrogens with one attached hydrogen (secondary N) is 2. The maximum atomic E-state index is 13.3. The van der Waals surface area contributed by atoms with Crippen molar-refractivity contribution in [3.05, 3.63) is 29.8 Å². The summed E-state index contributed by atoms with van der Waals surface area (Å²) < 4.78 is 27.3. The Morgan fingerprint density at radius 3 is 2.59 bits per heavy atom. The van der Waals surface area contributed by atoms with Gasteiger partial charge in [-0.1, -0.05) is 31.9 Å². The van der Waals surface area contributed by atoms with Crippen LogP contribution in [0, 0.1) is 0 Å². The van der Waals surface area contributed by atoms with Gasteiger partial charge in [0.15, 0.2) is 0 Å². The van der Waals surface area contributed by atoms with Crippen molar-refractivity contribution in [3.63, 3.8) is 0 Å². The van der Waals surface area contributed by atoms with Crippen molar-refractivity contribution in [2.24, 2.45) is 4.99 Å². The first kappa shape index (κ1) is 22.7. The van der Waals surface area contributed by atoms with Crippen LogP contribution in [0.15, 0.2) is 34.2 Å². The van der Waals surface area contributed by atoms with Crippen LogP contribution in [0.3, 0.4) is 0 Å². The Morgan fingerprint density at radius 2 is 1.91 bits per heavy atom. The fourth-order valence-electron chi connectivity index (χ4n) is 4.07. The Labute approximate surface area is 189 Å². The molecule has 2 N–H and O–H groups in total. The number of amidine groups is 1. The van der Waals surface area contributed by atoms with Crippen LogP contribution < -0.4 is 10.0 Å².